The van der Waals surface area contributed by atoms with Crippen LogP contribution in [0.3, 0.4) is 0 Å². The van der Waals surface area contributed by atoms with Crippen molar-refractivity contribution in [2.75, 3.05) is 12.3 Å². The molecule has 0 spiro atoms. The maximum atomic E-state index is 9.04. The van der Waals surface area contributed by atoms with Crippen molar-refractivity contribution >= 4 is 39.4 Å². The summed E-state index contributed by atoms with van der Waals surface area (Å²) in [5.74, 6) is 0.412. The lowest BCUT2D eigenvalue weighted by atomic mass is 10.1. The third-order valence-corrected chi connectivity index (χ3v) is 3.54. The van der Waals surface area contributed by atoms with Gasteiger partial charge in [0.1, 0.15) is 0 Å². The Morgan fingerprint density at radius 1 is 1.37 bits per heavy atom. The van der Waals surface area contributed by atoms with Crippen LogP contribution in [0.4, 0.5) is 5.82 Å². The first-order valence-corrected chi connectivity index (χ1v) is 6.31. The zero-order valence-corrected chi connectivity index (χ0v) is 11.1. The second-order valence-electron chi connectivity index (χ2n) is 4.49. The summed E-state index contributed by atoms with van der Waals surface area (Å²) in [6.45, 7) is 2.31. The number of hydrogen-bond acceptors (Lipinski definition) is 4. The van der Waals surface area contributed by atoms with Gasteiger partial charge in [-0.25, -0.2) is 9.67 Å². The minimum atomic E-state index is -0.00438. The molecule has 0 radical (unpaired) electrons. The van der Waals surface area contributed by atoms with Crippen LogP contribution in [0, 0.1) is 6.92 Å². The number of nitrogen functional groups attached to an aromatic ring is 1. The van der Waals surface area contributed by atoms with E-state index in [-0.39, 0.29) is 6.61 Å². The fraction of sp³-hybridized carbons (Fsp3) is 0.231. The number of aromatic nitrogens is 3. The van der Waals surface area contributed by atoms with Crippen LogP contribution in [0.1, 0.15) is 5.56 Å². The monoisotopic (exact) mass is 276 g/mol. The van der Waals surface area contributed by atoms with Gasteiger partial charge in [-0.2, -0.15) is 5.10 Å². The van der Waals surface area contributed by atoms with Crippen LogP contribution in [-0.4, -0.2) is 26.5 Å². The van der Waals surface area contributed by atoms with Gasteiger partial charge in [-0.15, -0.1) is 0 Å². The largest absolute Gasteiger partial charge is 0.394 e. The quantitative estimate of drug-likeness (QED) is 0.752. The van der Waals surface area contributed by atoms with Gasteiger partial charge in [0, 0.05) is 10.4 Å². The standard InChI is InChI=1S/C13H13ClN4O/c1-7-4-11-8(6-10(7)14)5-9-12(15)17-18(2-3-19)13(9)16-11/h4-6,19H,2-3H2,1H3,(H2,15,17). The molecule has 0 aliphatic heterocycles. The summed E-state index contributed by atoms with van der Waals surface area (Å²) < 4.78 is 1.62. The molecule has 0 bridgehead atoms. The normalized spacial score (nSPS) is 11.5. The smallest absolute Gasteiger partial charge is 0.160 e. The first kappa shape index (κ1) is 12.2. The molecule has 0 fully saturated rings. The van der Waals surface area contributed by atoms with Crippen LogP contribution in [0.5, 0.6) is 0 Å². The number of halogens is 1. The van der Waals surface area contributed by atoms with Gasteiger partial charge in [-0.05, 0) is 30.7 Å². The van der Waals surface area contributed by atoms with Crippen LogP contribution < -0.4 is 5.73 Å². The molecule has 19 heavy (non-hydrogen) atoms. The molecule has 1 aromatic carbocycles. The number of hydrogen-bond donors (Lipinski definition) is 2. The summed E-state index contributed by atoms with van der Waals surface area (Å²) >= 11 is 6.12. The van der Waals surface area contributed by atoms with E-state index in [4.69, 9.17) is 22.4 Å². The Balaban J connectivity index is 2.36. The number of aliphatic hydroxyl groups excluding tert-OH is 1. The van der Waals surface area contributed by atoms with E-state index in [0.717, 1.165) is 21.9 Å². The molecule has 3 aromatic rings. The summed E-state index contributed by atoms with van der Waals surface area (Å²) in [4.78, 5) is 4.57. The lowest BCUT2D eigenvalue weighted by molar-refractivity contribution is 0.271. The molecule has 0 aliphatic rings. The van der Waals surface area contributed by atoms with Gasteiger partial charge in [0.15, 0.2) is 11.5 Å². The van der Waals surface area contributed by atoms with Crippen LogP contribution >= 0.6 is 11.6 Å². The van der Waals surface area contributed by atoms with E-state index < -0.39 is 0 Å². The van der Waals surface area contributed by atoms with Gasteiger partial charge in [0.2, 0.25) is 0 Å². The Morgan fingerprint density at radius 2 is 2.16 bits per heavy atom. The zero-order chi connectivity index (χ0) is 13.6. The van der Waals surface area contributed by atoms with E-state index >= 15 is 0 Å². The Labute approximate surface area is 114 Å². The molecule has 0 amide bonds. The number of benzene rings is 1. The summed E-state index contributed by atoms with van der Waals surface area (Å²) in [6.07, 6.45) is 0. The highest BCUT2D eigenvalue weighted by Crippen LogP contribution is 2.27. The second-order valence-corrected chi connectivity index (χ2v) is 4.89. The molecule has 0 saturated carbocycles. The van der Waals surface area contributed by atoms with E-state index in [1.807, 2.05) is 25.1 Å². The lowest BCUT2D eigenvalue weighted by Gasteiger charge is -2.04. The summed E-state index contributed by atoms with van der Waals surface area (Å²) in [7, 11) is 0. The van der Waals surface area contributed by atoms with Crippen LogP contribution in [-0.2, 0) is 6.54 Å². The molecule has 0 saturated heterocycles. The van der Waals surface area contributed by atoms with E-state index in [9.17, 15) is 0 Å². The molecule has 3 rings (SSSR count). The van der Waals surface area contributed by atoms with Gasteiger partial charge in [-0.3, -0.25) is 0 Å². The predicted molar refractivity (Wildman–Crippen MR) is 76.3 cm³/mol. The fourth-order valence-electron chi connectivity index (χ4n) is 2.16. The molecule has 6 heteroatoms. The van der Waals surface area contributed by atoms with Crippen molar-refractivity contribution in [3.63, 3.8) is 0 Å². The zero-order valence-electron chi connectivity index (χ0n) is 10.4. The van der Waals surface area contributed by atoms with Gasteiger partial charge in [-0.1, -0.05) is 11.6 Å². The minimum absolute atomic E-state index is 0.00438. The topological polar surface area (TPSA) is 77.0 Å². The minimum Gasteiger partial charge on any atom is -0.394 e. The van der Waals surface area contributed by atoms with Gasteiger partial charge >= 0.3 is 0 Å². The molecule has 2 aromatic heterocycles. The highest BCUT2D eigenvalue weighted by molar-refractivity contribution is 6.32. The van der Waals surface area contributed by atoms with Crippen molar-refractivity contribution in [2.24, 2.45) is 0 Å². The molecule has 98 valence electrons. The number of nitrogens with two attached hydrogens (primary N) is 1. The van der Waals surface area contributed by atoms with Crippen molar-refractivity contribution in [2.45, 2.75) is 13.5 Å². The molecular formula is C13H13ClN4O. The van der Waals surface area contributed by atoms with Crippen molar-refractivity contribution in [3.05, 3.63) is 28.8 Å². The van der Waals surface area contributed by atoms with Gasteiger partial charge < -0.3 is 10.8 Å². The first-order valence-electron chi connectivity index (χ1n) is 5.94. The molecule has 5 nitrogen and oxygen atoms in total. The fourth-order valence-corrected chi connectivity index (χ4v) is 2.33. The summed E-state index contributed by atoms with van der Waals surface area (Å²) in [5.41, 5.74) is 8.38. The molecule has 3 N–H and O–H groups in total. The summed E-state index contributed by atoms with van der Waals surface area (Å²) in [6, 6.07) is 5.74. The van der Waals surface area contributed by atoms with Gasteiger partial charge in [0.05, 0.1) is 24.1 Å². The molecule has 0 aliphatic carbocycles. The SMILES string of the molecule is Cc1cc2nc3c(cc2cc1Cl)c(N)nn3CCO. The molecular weight excluding hydrogens is 264 g/mol. The number of anilines is 1. The Bertz CT molecular complexity index is 781. The van der Waals surface area contributed by atoms with E-state index in [2.05, 4.69) is 10.1 Å². The number of pyridine rings is 1. The molecule has 2 heterocycles. The number of fused-ring (bicyclic) bond motifs is 2. The molecule has 0 unspecified atom stereocenters. The second kappa shape index (κ2) is 4.36. The van der Waals surface area contributed by atoms with E-state index in [1.54, 1.807) is 4.68 Å². The average Bonchev–Trinajstić information content (AvgIpc) is 2.66. The average molecular weight is 277 g/mol. The van der Waals surface area contributed by atoms with Crippen LogP contribution in [0.15, 0.2) is 18.2 Å². The molecule has 0 atom stereocenters. The Kier molecular flexibility index (Phi) is 2.80. The van der Waals surface area contributed by atoms with E-state index in [1.165, 1.54) is 0 Å². The van der Waals surface area contributed by atoms with Crippen molar-refractivity contribution in [3.8, 4) is 0 Å². The number of rotatable bonds is 2. The van der Waals surface area contributed by atoms with Crippen molar-refractivity contribution in [1.29, 1.82) is 0 Å². The Morgan fingerprint density at radius 3 is 2.89 bits per heavy atom. The third kappa shape index (κ3) is 1.91. The van der Waals surface area contributed by atoms with Crippen LogP contribution in [0.2, 0.25) is 5.02 Å². The van der Waals surface area contributed by atoms with Crippen molar-refractivity contribution < 1.29 is 5.11 Å². The predicted octanol–water partition coefficient (Wildman–Crippen LogP) is 2.12. The first-order chi connectivity index (χ1) is 9.10. The third-order valence-electron chi connectivity index (χ3n) is 3.14. The lowest BCUT2D eigenvalue weighted by Crippen LogP contribution is -2.05. The maximum Gasteiger partial charge on any atom is 0.160 e. The maximum absolute atomic E-state index is 9.04. The van der Waals surface area contributed by atoms with Gasteiger partial charge in [0.25, 0.3) is 0 Å². The highest BCUT2D eigenvalue weighted by atomic mass is 35.5. The van der Waals surface area contributed by atoms with E-state index in [0.29, 0.717) is 23.0 Å². The highest BCUT2D eigenvalue weighted by Gasteiger charge is 2.11. The van der Waals surface area contributed by atoms with Crippen LogP contribution in [0.25, 0.3) is 21.9 Å². The summed E-state index contributed by atoms with van der Waals surface area (Å²) in [5, 5.41) is 15.6. The number of nitrogens with zero attached hydrogens (tertiary/aromatic N) is 3. The van der Waals surface area contributed by atoms with Crippen molar-refractivity contribution in [1.82, 2.24) is 14.8 Å². The number of aliphatic hydroxyl groups is 1. The number of aryl methyl sites for hydroxylation is 1. The Hall–Kier alpha value is -1.85.